The van der Waals surface area contributed by atoms with Gasteiger partial charge in [-0.05, 0) is 12.1 Å². The lowest BCUT2D eigenvalue weighted by atomic mass is 10.1. The molecule has 2 N–H and O–H groups in total. The monoisotopic (exact) mass is 292 g/mol. The highest BCUT2D eigenvalue weighted by Gasteiger charge is 2.10. The molecule has 0 aliphatic rings. The molecule has 3 nitrogen and oxygen atoms in total. The number of nitriles is 1. The summed E-state index contributed by atoms with van der Waals surface area (Å²) in [6.07, 6.45) is -0.635. The third kappa shape index (κ3) is 3.79. The second-order valence-corrected chi connectivity index (χ2v) is 5.48. The number of thiophene rings is 1. The Bertz CT molecular complexity index is 591. The van der Waals surface area contributed by atoms with Crippen LogP contribution >= 0.6 is 22.9 Å². The van der Waals surface area contributed by atoms with Crippen molar-refractivity contribution in [1.29, 1.82) is 5.26 Å². The minimum Gasteiger partial charge on any atom is -0.387 e. The van der Waals surface area contributed by atoms with E-state index in [4.69, 9.17) is 16.9 Å². The minimum atomic E-state index is -0.635. The Labute approximate surface area is 121 Å². The lowest BCUT2D eigenvalue weighted by molar-refractivity contribution is 0.174. The Morgan fingerprint density at radius 1 is 1.42 bits per heavy atom. The second-order valence-electron chi connectivity index (χ2n) is 4.08. The first-order valence-corrected chi connectivity index (χ1v) is 7.07. The van der Waals surface area contributed by atoms with Gasteiger partial charge in [0.2, 0.25) is 0 Å². The SMILES string of the molecule is N#Cc1csc(CNCC(O)c2ccccc2Cl)c1. The molecule has 0 saturated heterocycles. The molecule has 1 aromatic heterocycles. The van der Waals surface area contributed by atoms with E-state index in [9.17, 15) is 5.11 Å². The predicted molar refractivity (Wildman–Crippen MR) is 77.2 cm³/mol. The van der Waals surface area contributed by atoms with Crippen molar-refractivity contribution >= 4 is 22.9 Å². The molecule has 98 valence electrons. The fourth-order valence-corrected chi connectivity index (χ4v) is 2.76. The van der Waals surface area contributed by atoms with Gasteiger partial charge >= 0.3 is 0 Å². The van der Waals surface area contributed by atoms with Gasteiger partial charge in [0.05, 0.1) is 11.7 Å². The number of rotatable bonds is 5. The van der Waals surface area contributed by atoms with E-state index in [-0.39, 0.29) is 0 Å². The molecule has 1 heterocycles. The average molecular weight is 293 g/mol. The van der Waals surface area contributed by atoms with Crippen LogP contribution in [0, 0.1) is 11.3 Å². The van der Waals surface area contributed by atoms with Gasteiger partial charge in [0.15, 0.2) is 0 Å². The number of hydrogen-bond donors (Lipinski definition) is 2. The molecule has 0 saturated carbocycles. The van der Waals surface area contributed by atoms with Gasteiger partial charge in [-0.25, -0.2) is 0 Å². The van der Waals surface area contributed by atoms with E-state index < -0.39 is 6.10 Å². The van der Waals surface area contributed by atoms with Crippen molar-refractivity contribution in [2.75, 3.05) is 6.54 Å². The number of aliphatic hydroxyl groups is 1. The lowest BCUT2D eigenvalue weighted by Gasteiger charge is -2.13. The predicted octanol–water partition coefficient (Wildman–Crippen LogP) is 3.10. The van der Waals surface area contributed by atoms with E-state index in [0.29, 0.717) is 23.7 Å². The summed E-state index contributed by atoms with van der Waals surface area (Å²) < 4.78 is 0. The fraction of sp³-hybridized carbons (Fsp3) is 0.214. The molecule has 0 aliphatic heterocycles. The van der Waals surface area contributed by atoms with E-state index in [2.05, 4.69) is 11.4 Å². The maximum absolute atomic E-state index is 10.0. The standard InChI is InChI=1S/C14H13ClN2OS/c15-13-4-2-1-3-12(13)14(18)8-17-7-11-5-10(6-16)9-19-11/h1-5,9,14,17-18H,7-8H2. The van der Waals surface area contributed by atoms with Gasteiger partial charge in [0.1, 0.15) is 6.07 Å². The highest BCUT2D eigenvalue weighted by atomic mass is 35.5. The van der Waals surface area contributed by atoms with Crippen molar-refractivity contribution in [3.05, 3.63) is 56.7 Å². The third-order valence-electron chi connectivity index (χ3n) is 2.68. The average Bonchev–Trinajstić information content (AvgIpc) is 2.87. The zero-order valence-electron chi connectivity index (χ0n) is 10.1. The lowest BCUT2D eigenvalue weighted by Crippen LogP contribution is -2.20. The van der Waals surface area contributed by atoms with Crippen LogP contribution in [0.3, 0.4) is 0 Å². The van der Waals surface area contributed by atoms with Crippen LogP contribution in [0.15, 0.2) is 35.7 Å². The number of hydrogen-bond acceptors (Lipinski definition) is 4. The number of halogens is 1. The molecule has 0 fully saturated rings. The molecule has 2 rings (SSSR count). The maximum atomic E-state index is 10.0. The quantitative estimate of drug-likeness (QED) is 0.890. The molecule has 2 aromatic rings. The van der Waals surface area contributed by atoms with Crippen LogP contribution in [0.25, 0.3) is 0 Å². The maximum Gasteiger partial charge on any atom is 0.100 e. The van der Waals surface area contributed by atoms with Gasteiger partial charge in [-0.3, -0.25) is 0 Å². The Balaban J connectivity index is 1.86. The molecule has 5 heteroatoms. The first-order chi connectivity index (χ1) is 9.20. The van der Waals surface area contributed by atoms with Crippen molar-refractivity contribution in [2.45, 2.75) is 12.6 Å². The van der Waals surface area contributed by atoms with Crippen molar-refractivity contribution < 1.29 is 5.11 Å². The Morgan fingerprint density at radius 2 is 2.21 bits per heavy atom. The van der Waals surface area contributed by atoms with Crippen molar-refractivity contribution in [1.82, 2.24) is 5.32 Å². The fourth-order valence-electron chi connectivity index (χ4n) is 1.72. The van der Waals surface area contributed by atoms with E-state index in [0.717, 1.165) is 10.4 Å². The van der Waals surface area contributed by atoms with Crippen LogP contribution in [-0.2, 0) is 6.54 Å². The summed E-state index contributed by atoms with van der Waals surface area (Å²) in [4.78, 5) is 1.07. The Hall–Kier alpha value is -1.38. The van der Waals surface area contributed by atoms with Gasteiger partial charge in [0, 0.05) is 33.9 Å². The largest absolute Gasteiger partial charge is 0.387 e. The number of benzene rings is 1. The Kier molecular flexibility index (Phi) is 4.94. The second kappa shape index (κ2) is 6.69. The number of nitrogens with one attached hydrogen (secondary N) is 1. The molecule has 0 bridgehead atoms. The van der Waals surface area contributed by atoms with E-state index in [1.165, 1.54) is 11.3 Å². The normalized spacial score (nSPS) is 12.1. The minimum absolute atomic E-state index is 0.420. The molecule has 1 atom stereocenters. The topological polar surface area (TPSA) is 56.0 Å². The van der Waals surface area contributed by atoms with Crippen molar-refractivity contribution in [3.63, 3.8) is 0 Å². The number of nitrogens with zero attached hydrogens (tertiary/aromatic N) is 1. The van der Waals surface area contributed by atoms with Gasteiger partial charge in [-0.2, -0.15) is 5.26 Å². The first kappa shape index (κ1) is 14.0. The van der Waals surface area contributed by atoms with Crippen molar-refractivity contribution in [3.8, 4) is 6.07 Å². The molecule has 0 radical (unpaired) electrons. The summed E-state index contributed by atoms with van der Waals surface area (Å²) in [5.41, 5.74) is 1.40. The van der Waals surface area contributed by atoms with Crippen LogP contribution in [0.1, 0.15) is 22.1 Å². The zero-order valence-corrected chi connectivity index (χ0v) is 11.7. The zero-order chi connectivity index (χ0) is 13.7. The van der Waals surface area contributed by atoms with Crippen LogP contribution in [0.5, 0.6) is 0 Å². The summed E-state index contributed by atoms with van der Waals surface area (Å²) in [5.74, 6) is 0. The third-order valence-corrected chi connectivity index (χ3v) is 3.96. The molecule has 0 spiro atoms. The summed E-state index contributed by atoms with van der Waals surface area (Å²) in [6, 6.07) is 11.2. The molecule has 19 heavy (non-hydrogen) atoms. The molecule has 0 amide bonds. The van der Waals surface area contributed by atoms with Crippen LogP contribution < -0.4 is 5.32 Å². The molecule has 1 unspecified atom stereocenters. The molecule has 0 aliphatic carbocycles. The summed E-state index contributed by atoms with van der Waals surface area (Å²) in [7, 11) is 0. The van der Waals surface area contributed by atoms with E-state index in [1.54, 1.807) is 6.07 Å². The highest BCUT2D eigenvalue weighted by Crippen LogP contribution is 2.22. The summed E-state index contributed by atoms with van der Waals surface area (Å²) in [5, 5.41) is 24.3. The summed E-state index contributed by atoms with van der Waals surface area (Å²) in [6.45, 7) is 1.05. The van der Waals surface area contributed by atoms with Gasteiger partial charge < -0.3 is 10.4 Å². The Morgan fingerprint density at radius 3 is 2.89 bits per heavy atom. The van der Waals surface area contributed by atoms with Crippen LogP contribution in [0.4, 0.5) is 0 Å². The van der Waals surface area contributed by atoms with E-state index in [1.807, 2.05) is 29.6 Å². The van der Waals surface area contributed by atoms with Gasteiger partial charge in [-0.15, -0.1) is 11.3 Å². The highest BCUT2D eigenvalue weighted by molar-refractivity contribution is 7.10. The molecular weight excluding hydrogens is 280 g/mol. The van der Waals surface area contributed by atoms with E-state index >= 15 is 0 Å². The smallest absolute Gasteiger partial charge is 0.100 e. The number of aliphatic hydroxyl groups excluding tert-OH is 1. The first-order valence-electron chi connectivity index (χ1n) is 5.81. The van der Waals surface area contributed by atoms with Gasteiger partial charge in [-0.1, -0.05) is 29.8 Å². The summed E-state index contributed by atoms with van der Waals surface area (Å²) >= 11 is 7.55. The van der Waals surface area contributed by atoms with Gasteiger partial charge in [0.25, 0.3) is 0 Å². The molecular formula is C14H13ClN2OS. The van der Waals surface area contributed by atoms with Crippen LogP contribution in [-0.4, -0.2) is 11.7 Å². The molecule has 1 aromatic carbocycles. The van der Waals surface area contributed by atoms with Crippen molar-refractivity contribution in [2.24, 2.45) is 0 Å². The van der Waals surface area contributed by atoms with Crippen LogP contribution in [0.2, 0.25) is 5.02 Å².